The van der Waals surface area contributed by atoms with Crippen LogP contribution >= 0.6 is 11.6 Å². The normalized spacial score (nSPS) is 11.2. The van der Waals surface area contributed by atoms with Crippen molar-refractivity contribution in [2.45, 2.75) is 33.6 Å². The van der Waals surface area contributed by atoms with Crippen LogP contribution in [0.3, 0.4) is 0 Å². The largest absolute Gasteiger partial charge is 0.481 e. The number of H-pyrrole nitrogens is 1. The molecule has 2 N–H and O–H groups in total. The van der Waals surface area contributed by atoms with Gasteiger partial charge in [0.15, 0.2) is 0 Å². The lowest BCUT2D eigenvalue weighted by Gasteiger charge is -2.17. The first-order valence-corrected chi connectivity index (χ1v) is 9.83. The van der Waals surface area contributed by atoms with Gasteiger partial charge >= 0.3 is 5.97 Å². The molecule has 1 heterocycles. The van der Waals surface area contributed by atoms with Gasteiger partial charge in [0.25, 0.3) is 6.01 Å². The monoisotopic (exact) mass is 410 g/mol. The van der Waals surface area contributed by atoms with E-state index in [2.05, 4.69) is 34.8 Å². The van der Waals surface area contributed by atoms with Crippen LogP contribution < -0.4 is 4.74 Å². The van der Waals surface area contributed by atoms with Gasteiger partial charge in [-0.15, -0.1) is 0 Å². The molecule has 2 aromatic carbocycles. The second-order valence-electron chi connectivity index (χ2n) is 7.53. The standard InChI is InChI=1S/C23H23ClN2O3/c1-4-7-15-8-5-6-9-16(15)10-11-17-12-19-20(13-18(17)24)26-22(25-19)29-14-23(2,3)21(27)28/h5-6,8-9,12-13H,4,7,14H2,1-3H3,(H,25,26)(H,27,28). The summed E-state index contributed by atoms with van der Waals surface area (Å²) in [6.07, 6.45) is 2.03. The highest BCUT2D eigenvalue weighted by atomic mass is 35.5. The Kier molecular flexibility index (Phi) is 6.14. The highest BCUT2D eigenvalue weighted by Crippen LogP contribution is 2.25. The number of ether oxygens (including phenoxy) is 1. The van der Waals surface area contributed by atoms with E-state index in [1.54, 1.807) is 19.9 Å². The quantitative estimate of drug-likeness (QED) is 0.557. The Hall–Kier alpha value is -2.97. The Labute approximate surface area is 175 Å². The minimum absolute atomic E-state index is 0.00321. The lowest BCUT2D eigenvalue weighted by Crippen LogP contribution is -2.30. The Balaban J connectivity index is 1.86. The van der Waals surface area contributed by atoms with Crippen LogP contribution in [-0.4, -0.2) is 27.7 Å². The molecule has 0 atom stereocenters. The van der Waals surface area contributed by atoms with Crippen LogP contribution in [0.1, 0.15) is 43.9 Å². The van der Waals surface area contributed by atoms with E-state index in [4.69, 9.17) is 16.3 Å². The van der Waals surface area contributed by atoms with Gasteiger partial charge in [-0.05, 0) is 44.0 Å². The number of hydrogen-bond donors (Lipinski definition) is 2. The van der Waals surface area contributed by atoms with E-state index in [0.717, 1.165) is 23.9 Å². The molecule has 6 heteroatoms. The van der Waals surface area contributed by atoms with Crippen molar-refractivity contribution in [1.29, 1.82) is 0 Å². The minimum atomic E-state index is -1.01. The van der Waals surface area contributed by atoms with Crippen molar-refractivity contribution < 1.29 is 14.6 Å². The van der Waals surface area contributed by atoms with Gasteiger partial charge in [0.2, 0.25) is 0 Å². The van der Waals surface area contributed by atoms with Gasteiger partial charge in [-0.3, -0.25) is 4.79 Å². The van der Waals surface area contributed by atoms with Gasteiger partial charge in [-0.25, -0.2) is 0 Å². The van der Waals surface area contributed by atoms with Crippen LogP contribution in [0.2, 0.25) is 5.02 Å². The Bertz CT molecular complexity index is 1110. The number of carbonyl (C=O) groups is 1. The highest BCUT2D eigenvalue weighted by molar-refractivity contribution is 6.32. The van der Waals surface area contributed by atoms with Crippen LogP contribution in [-0.2, 0) is 11.2 Å². The fourth-order valence-corrected chi connectivity index (χ4v) is 2.95. The van der Waals surface area contributed by atoms with E-state index in [1.807, 2.05) is 24.3 Å². The van der Waals surface area contributed by atoms with E-state index in [1.165, 1.54) is 5.56 Å². The summed E-state index contributed by atoms with van der Waals surface area (Å²) in [7, 11) is 0. The van der Waals surface area contributed by atoms with E-state index in [9.17, 15) is 9.90 Å². The van der Waals surface area contributed by atoms with E-state index >= 15 is 0 Å². The molecule has 150 valence electrons. The number of aliphatic carboxylic acids is 1. The molecule has 0 amide bonds. The topological polar surface area (TPSA) is 75.2 Å². The lowest BCUT2D eigenvalue weighted by molar-refractivity contribution is -0.148. The van der Waals surface area contributed by atoms with Gasteiger partial charge < -0.3 is 14.8 Å². The molecule has 0 saturated heterocycles. The molecule has 5 nitrogen and oxygen atoms in total. The second kappa shape index (κ2) is 8.59. The summed E-state index contributed by atoms with van der Waals surface area (Å²) in [5.41, 5.74) is 3.25. The first-order valence-electron chi connectivity index (χ1n) is 9.45. The summed E-state index contributed by atoms with van der Waals surface area (Å²) in [6.45, 7) is 5.33. The number of rotatable bonds is 6. The maximum absolute atomic E-state index is 11.2. The number of imidazole rings is 1. The van der Waals surface area contributed by atoms with Crippen molar-refractivity contribution in [2.24, 2.45) is 5.41 Å². The van der Waals surface area contributed by atoms with Crippen LogP contribution in [0, 0.1) is 17.3 Å². The lowest BCUT2D eigenvalue weighted by atomic mass is 9.95. The maximum Gasteiger partial charge on any atom is 0.312 e. The zero-order valence-electron chi connectivity index (χ0n) is 16.7. The predicted octanol–water partition coefficient (Wildman–Crippen LogP) is 5.06. The summed E-state index contributed by atoms with van der Waals surface area (Å²) in [6, 6.07) is 11.9. The van der Waals surface area contributed by atoms with E-state index in [0.29, 0.717) is 16.1 Å². The van der Waals surface area contributed by atoms with Crippen molar-refractivity contribution in [1.82, 2.24) is 9.97 Å². The van der Waals surface area contributed by atoms with E-state index < -0.39 is 11.4 Å². The molecule has 0 aliphatic rings. The number of aromatic nitrogens is 2. The van der Waals surface area contributed by atoms with Gasteiger partial charge in [-0.2, -0.15) is 4.98 Å². The van der Waals surface area contributed by atoms with Gasteiger partial charge in [0.05, 0.1) is 21.5 Å². The molecular formula is C23H23ClN2O3. The second-order valence-corrected chi connectivity index (χ2v) is 7.93. The third kappa shape index (κ3) is 4.90. The molecule has 0 radical (unpaired) electrons. The molecule has 0 bridgehead atoms. The molecule has 0 aliphatic heterocycles. The van der Waals surface area contributed by atoms with Crippen molar-refractivity contribution in [2.75, 3.05) is 6.61 Å². The predicted molar refractivity (Wildman–Crippen MR) is 114 cm³/mol. The molecule has 0 spiro atoms. The van der Waals surface area contributed by atoms with Crippen molar-refractivity contribution >= 4 is 28.6 Å². The van der Waals surface area contributed by atoms with E-state index in [-0.39, 0.29) is 12.6 Å². The number of aromatic amines is 1. The molecule has 0 fully saturated rings. The zero-order chi connectivity index (χ0) is 21.0. The van der Waals surface area contributed by atoms with Crippen molar-refractivity contribution in [3.63, 3.8) is 0 Å². The van der Waals surface area contributed by atoms with Crippen molar-refractivity contribution in [3.8, 4) is 17.9 Å². The van der Waals surface area contributed by atoms with Crippen LogP contribution in [0.25, 0.3) is 11.0 Å². The number of carboxylic acid groups (broad SMARTS) is 1. The van der Waals surface area contributed by atoms with Crippen LogP contribution in [0.4, 0.5) is 0 Å². The summed E-state index contributed by atoms with van der Waals surface area (Å²) in [5.74, 6) is 5.44. The molecule has 3 aromatic rings. The van der Waals surface area contributed by atoms with Crippen molar-refractivity contribution in [3.05, 3.63) is 58.1 Å². The third-order valence-corrected chi connectivity index (χ3v) is 4.88. The first-order chi connectivity index (χ1) is 13.8. The zero-order valence-corrected chi connectivity index (χ0v) is 17.4. The van der Waals surface area contributed by atoms with Crippen LogP contribution in [0.5, 0.6) is 6.01 Å². The molecule has 0 aliphatic carbocycles. The molecule has 3 rings (SSSR count). The van der Waals surface area contributed by atoms with Gasteiger partial charge in [-0.1, -0.05) is 55.0 Å². The summed E-state index contributed by atoms with van der Waals surface area (Å²) >= 11 is 6.40. The molecular weight excluding hydrogens is 388 g/mol. The average molecular weight is 411 g/mol. The van der Waals surface area contributed by atoms with Gasteiger partial charge in [0, 0.05) is 11.1 Å². The Morgan fingerprint density at radius 3 is 2.69 bits per heavy atom. The summed E-state index contributed by atoms with van der Waals surface area (Å²) in [4.78, 5) is 18.6. The highest BCUT2D eigenvalue weighted by Gasteiger charge is 2.28. The Morgan fingerprint density at radius 2 is 1.97 bits per heavy atom. The fraction of sp³-hybridized carbons (Fsp3) is 0.304. The number of aryl methyl sites for hydroxylation is 1. The SMILES string of the molecule is CCCc1ccccc1C#Cc1cc2[nH]c(OCC(C)(C)C(=O)O)nc2cc1Cl. The van der Waals surface area contributed by atoms with Crippen LogP contribution in [0.15, 0.2) is 36.4 Å². The molecule has 1 aromatic heterocycles. The van der Waals surface area contributed by atoms with Gasteiger partial charge in [0.1, 0.15) is 6.61 Å². The number of nitrogens with one attached hydrogen (secondary N) is 1. The molecule has 0 unspecified atom stereocenters. The molecule has 0 saturated carbocycles. The number of carboxylic acids is 1. The number of benzene rings is 2. The maximum atomic E-state index is 11.2. The third-order valence-electron chi connectivity index (χ3n) is 4.57. The minimum Gasteiger partial charge on any atom is -0.481 e. The first kappa shape index (κ1) is 20.8. The Morgan fingerprint density at radius 1 is 1.24 bits per heavy atom. The summed E-state index contributed by atoms with van der Waals surface area (Å²) in [5, 5.41) is 9.70. The molecule has 29 heavy (non-hydrogen) atoms. The smallest absolute Gasteiger partial charge is 0.312 e. The number of hydrogen-bond acceptors (Lipinski definition) is 3. The number of nitrogens with zero attached hydrogens (tertiary/aromatic N) is 1. The number of halogens is 1. The summed E-state index contributed by atoms with van der Waals surface area (Å²) < 4.78 is 5.54. The fourth-order valence-electron chi connectivity index (χ4n) is 2.75. The average Bonchev–Trinajstić information content (AvgIpc) is 3.07. The number of fused-ring (bicyclic) bond motifs is 1.